The maximum atomic E-state index is 12.1. The van der Waals surface area contributed by atoms with E-state index in [1.807, 2.05) is 25.1 Å². The number of hydrogen-bond donors (Lipinski definition) is 1. The van der Waals surface area contributed by atoms with Crippen LogP contribution in [-0.2, 0) is 19.4 Å². The van der Waals surface area contributed by atoms with E-state index >= 15 is 0 Å². The molecule has 0 unspecified atom stereocenters. The van der Waals surface area contributed by atoms with Crippen molar-refractivity contribution >= 4 is 28.8 Å². The first kappa shape index (κ1) is 17.6. The van der Waals surface area contributed by atoms with Crippen molar-refractivity contribution in [1.82, 2.24) is 9.88 Å². The van der Waals surface area contributed by atoms with Crippen molar-refractivity contribution in [2.75, 3.05) is 18.9 Å². The number of nitrogens with zero attached hydrogens (tertiary/aromatic N) is 3. The number of halogens is 1. The molecule has 0 atom stereocenters. The highest BCUT2D eigenvalue weighted by atomic mass is 35.5. The number of fused-ring (bicyclic) bond motifs is 2. The first-order valence-electron chi connectivity index (χ1n) is 8.95. The first-order chi connectivity index (χ1) is 13.0. The molecule has 1 aliphatic carbocycles. The maximum Gasteiger partial charge on any atom is 0.254 e. The summed E-state index contributed by atoms with van der Waals surface area (Å²) in [5.74, 6) is 0.0126. The molecule has 1 aromatic carbocycles. The van der Waals surface area contributed by atoms with Crippen molar-refractivity contribution < 1.29 is 4.79 Å². The number of pyridine rings is 1. The Balaban J connectivity index is 1.71. The third-order valence-electron chi connectivity index (χ3n) is 5.03. The Morgan fingerprint density at radius 3 is 2.93 bits per heavy atom. The van der Waals surface area contributed by atoms with Gasteiger partial charge >= 0.3 is 0 Å². The Hall–Kier alpha value is -2.84. The molecule has 0 saturated carbocycles. The molecule has 0 spiro atoms. The second kappa shape index (κ2) is 6.71. The van der Waals surface area contributed by atoms with Gasteiger partial charge in [-0.2, -0.15) is 5.26 Å². The molecule has 2 aromatic rings. The molecule has 6 heteroatoms. The second-order valence-electron chi connectivity index (χ2n) is 6.89. The van der Waals surface area contributed by atoms with E-state index in [0.29, 0.717) is 35.5 Å². The fourth-order valence-corrected chi connectivity index (χ4v) is 4.02. The molecule has 0 fully saturated rings. The normalized spacial score (nSPS) is 14.7. The van der Waals surface area contributed by atoms with Gasteiger partial charge in [0.05, 0.1) is 17.3 Å². The van der Waals surface area contributed by atoms with Gasteiger partial charge in [-0.05, 0) is 30.2 Å². The molecule has 136 valence electrons. The van der Waals surface area contributed by atoms with E-state index in [9.17, 15) is 10.1 Å². The smallest absolute Gasteiger partial charge is 0.254 e. The van der Waals surface area contributed by atoms with E-state index in [2.05, 4.69) is 11.4 Å². The van der Waals surface area contributed by atoms with Crippen molar-refractivity contribution in [3.05, 3.63) is 62.9 Å². The molecule has 4 rings (SSSR count). The Morgan fingerprint density at radius 2 is 2.19 bits per heavy atom. The van der Waals surface area contributed by atoms with Gasteiger partial charge in [0.1, 0.15) is 0 Å². The van der Waals surface area contributed by atoms with Gasteiger partial charge < -0.3 is 10.2 Å². The summed E-state index contributed by atoms with van der Waals surface area (Å²) < 4.78 is 0. The lowest BCUT2D eigenvalue weighted by atomic mass is 10.0. The molecule has 0 saturated heterocycles. The van der Waals surface area contributed by atoms with Gasteiger partial charge in [-0.3, -0.25) is 9.78 Å². The molecule has 2 aliphatic rings. The van der Waals surface area contributed by atoms with Crippen LogP contribution in [0, 0.1) is 11.3 Å². The van der Waals surface area contributed by atoms with E-state index in [1.54, 1.807) is 18.0 Å². The molecular weight excluding hydrogens is 360 g/mol. The standard InChI is InChI=1S/C21H19ClN4O/c1-3-24-19-8-15(25-18-5-4-12(10-23)20(18)19)7-13-6-14-11-26(2)21(27)16(14)9-17(13)22/h4,6,8-9H,3,5,7,11H2,1-2H3,(H,24,25). The number of nitriles is 1. The van der Waals surface area contributed by atoms with Crippen LogP contribution in [0.3, 0.4) is 0 Å². The van der Waals surface area contributed by atoms with Crippen molar-refractivity contribution in [1.29, 1.82) is 5.26 Å². The van der Waals surface area contributed by atoms with Crippen LogP contribution in [0.1, 0.15) is 45.4 Å². The van der Waals surface area contributed by atoms with Crippen molar-refractivity contribution in [3.63, 3.8) is 0 Å². The van der Waals surface area contributed by atoms with E-state index in [0.717, 1.165) is 40.3 Å². The van der Waals surface area contributed by atoms with Gasteiger partial charge in [-0.25, -0.2) is 0 Å². The van der Waals surface area contributed by atoms with Gasteiger partial charge in [0.25, 0.3) is 5.91 Å². The van der Waals surface area contributed by atoms with E-state index < -0.39 is 0 Å². The SMILES string of the molecule is CCNc1cc(Cc2cc3c(cc2Cl)C(=O)N(C)C3)nc2c1C(C#N)=CC2. The predicted octanol–water partition coefficient (Wildman–Crippen LogP) is 3.81. The Bertz CT molecular complexity index is 1040. The lowest BCUT2D eigenvalue weighted by Gasteiger charge is -2.14. The van der Waals surface area contributed by atoms with Gasteiger partial charge in [-0.1, -0.05) is 23.7 Å². The van der Waals surface area contributed by atoms with Gasteiger partial charge in [-0.15, -0.1) is 0 Å². The van der Waals surface area contributed by atoms with E-state index in [4.69, 9.17) is 16.6 Å². The van der Waals surface area contributed by atoms with Crippen molar-refractivity contribution in [2.24, 2.45) is 0 Å². The Kier molecular flexibility index (Phi) is 4.37. The molecule has 1 aliphatic heterocycles. The highest BCUT2D eigenvalue weighted by Crippen LogP contribution is 2.34. The molecular formula is C21H19ClN4O. The number of amides is 1. The number of allylic oxidation sites excluding steroid dienone is 2. The summed E-state index contributed by atoms with van der Waals surface area (Å²) in [4.78, 5) is 18.6. The topological polar surface area (TPSA) is 69.0 Å². The maximum absolute atomic E-state index is 12.1. The number of rotatable bonds is 4. The zero-order chi connectivity index (χ0) is 19.1. The van der Waals surface area contributed by atoms with Crippen LogP contribution in [0.2, 0.25) is 5.02 Å². The highest BCUT2D eigenvalue weighted by Gasteiger charge is 2.26. The summed E-state index contributed by atoms with van der Waals surface area (Å²) in [6.07, 6.45) is 3.17. The quantitative estimate of drug-likeness (QED) is 0.878. The average molecular weight is 379 g/mol. The van der Waals surface area contributed by atoms with Gasteiger partial charge in [0.2, 0.25) is 0 Å². The van der Waals surface area contributed by atoms with Crippen LogP contribution in [-0.4, -0.2) is 29.4 Å². The molecule has 1 N–H and O–H groups in total. The molecule has 5 nitrogen and oxygen atoms in total. The second-order valence-corrected chi connectivity index (χ2v) is 7.29. The number of nitrogens with one attached hydrogen (secondary N) is 1. The van der Waals surface area contributed by atoms with Crippen LogP contribution >= 0.6 is 11.6 Å². The van der Waals surface area contributed by atoms with Crippen LogP contribution < -0.4 is 5.32 Å². The van der Waals surface area contributed by atoms with Crippen LogP contribution in [0.5, 0.6) is 0 Å². The minimum absolute atomic E-state index is 0.0126. The van der Waals surface area contributed by atoms with E-state index in [-0.39, 0.29) is 5.91 Å². The number of carbonyl (C=O) groups is 1. The fourth-order valence-electron chi connectivity index (χ4n) is 3.79. The van der Waals surface area contributed by atoms with Crippen molar-refractivity contribution in [2.45, 2.75) is 26.3 Å². The average Bonchev–Trinajstić information content (AvgIpc) is 3.17. The minimum Gasteiger partial charge on any atom is -0.385 e. The molecule has 0 bridgehead atoms. The third-order valence-corrected chi connectivity index (χ3v) is 5.38. The summed E-state index contributed by atoms with van der Waals surface area (Å²) in [6, 6.07) is 8.04. The molecule has 27 heavy (non-hydrogen) atoms. The van der Waals surface area contributed by atoms with Crippen LogP contribution in [0.15, 0.2) is 24.3 Å². The Morgan fingerprint density at radius 1 is 1.37 bits per heavy atom. The number of benzene rings is 1. The lowest BCUT2D eigenvalue weighted by molar-refractivity contribution is 0.0816. The number of hydrogen-bond acceptors (Lipinski definition) is 4. The largest absolute Gasteiger partial charge is 0.385 e. The number of anilines is 1. The Labute approximate surface area is 163 Å². The number of carbonyl (C=O) groups excluding carboxylic acids is 1. The van der Waals surface area contributed by atoms with Crippen molar-refractivity contribution in [3.8, 4) is 6.07 Å². The monoisotopic (exact) mass is 378 g/mol. The first-order valence-corrected chi connectivity index (χ1v) is 9.33. The zero-order valence-electron chi connectivity index (χ0n) is 15.3. The summed E-state index contributed by atoms with van der Waals surface area (Å²) in [7, 11) is 1.79. The lowest BCUT2D eigenvalue weighted by Crippen LogP contribution is -2.17. The molecule has 1 aromatic heterocycles. The summed E-state index contributed by atoms with van der Waals surface area (Å²) in [6.45, 7) is 3.40. The van der Waals surface area contributed by atoms with Crippen LogP contribution in [0.4, 0.5) is 5.69 Å². The van der Waals surface area contributed by atoms with E-state index in [1.165, 1.54) is 0 Å². The van der Waals surface area contributed by atoms with Gasteiger partial charge in [0.15, 0.2) is 0 Å². The minimum atomic E-state index is 0.0126. The predicted molar refractivity (Wildman–Crippen MR) is 106 cm³/mol. The summed E-state index contributed by atoms with van der Waals surface area (Å²) >= 11 is 6.47. The molecule has 2 heterocycles. The molecule has 1 amide bonds. The molecule has 0 radical (unpaired) electrons. The van der Waals surface area contributed by atoms with Crippen LogP contribution in [0.25, 0.3) is 5.57 Å². The number of aromatic nitrogens is 1. The zero-order valence-corrected chi connectivity index (χ0v) is 16.0. The summed E-state index contributed by atoms with van der Waals surface area (Å²) in [5, 5.41) is 13.3. The highest BCUT2D eigenvalue weighted by molar-refractivity contribution is 6.31. The third kappa shape index (κ3) is 2.96. The summed E-state index contributed by atoms with van der Waals surface area (Å²) in [5.41, 5.74) is 7.00. The fraction of sp³-hybridized carbons (Fsp3) is 0.286. The van der Waals surface area contributed by atoms with Gasteiger partial charge in [0, 0.05) is 60.5 Å².